The van der Waals surface area contributed by atoms with E-state index in [-0.39, 0.29) is 0 Å². The van der Waals surface area contributed by atoms with Crippen LogP contribution in [0.25, 0.3) is 0 Å². The molecule has 0 N–H and O–H groups in total. The van der Waals surface area contributed by atoms with Gasteiger partial charge in [-0.3, -0.25) is 4.90 Å². The molecule has 0 aromatic heterocycles. The van der Waals surface area contributed by atoms with Crippen molar-refractivity contribution in [2.24, 2.45) is 16.7 Å². The van der Waals surface area contributed by atoms with E-state index in [2.05, 4.69) is 46.4 Å². The van der Waals surface area contributed by atoms with E-state index < -0.39 is 0 Å². The molecule has 1 saturated heterocycles. The highest BCUT2D eigenvalue weighted by Crippen LogP contribution is 2.66. The van der Waals surface area contributed by atoms with Crippen LogP contribution in [0.5, 0.6) is 0 Å². The molecule has 1 saturated carbocycles. The fourth-order valence-corrected chi connectivity index (χ4v) is 3.11. The third-order valence-corrected chi connectivity index (χ3v) is 4.20. The van der Waals surface area contributed by atoms with Crippen LogP contribution in [0.3, 0.4) is 0 Å². The second-order valence-electron chi connectivity index (χ2n) is 7.51. The van der Waals surface area contributed by atoms with Crippen LogP contribution in [-0.2, 0) is 0 Å². The van der Waals surface area contributed by atoms with E-state index in [0.717, 1.165) is 11.3 Å². The molecule has 1 heterocycles. The molecular formula is C13H25N. The Kier molecular flexibility index (Phi) is 1.91. The first kappa shape index (κ1) is 10.5. The first-order valence-electron chi connectivity index (χ1n) is 5.90. The number of hydrogen-bond donors (Lipinski definition) is 0. The van der Waals surface area contributed by atoms with Crippen LogP contribution < -0.4 is 0 Å². The van der Waals surface area contributed by atoms with Crippen molar-refractivity contribution in [1.82, 2.24) is 4.90 Å². The highest BCUT2D eigenvalue weighted by molar-refractivity contribution is 5.16. The van der Waals surface area contributed by atoms with E-state index in [9.17, 15) is 0 Å². The van der Waals surface area contributed by atoms with E-state index in [0.29, 0.717) is 11.0 Å². The van der Waals surface area contributed by atoms with Gasteiger partial charge in [0.25, 0.3) is 0 Å². The third kappa shape index (κ3) is 1.50. The smallest absolute Gasteiger partial charge is 0.0125 e. The summed E-state index contributed by atoms with van der Waals surface area (Å²) in [5, 5.41) is 0. The molecule has 1 heteroatoms. The number of hydrogen-bond acceptors (Lipinski definition) is 1. The predicted molar refractivity (Wildman–Crippen MR) is 61.3 cm³/mol. The monoisotopic (exact) mass is 195 g/mol. The van der Waals surface area contributed by atoms with Gasteiger partial charge in [0.05, 0.1) is 0 Å². The Balaban J connectivity index is 1.91. The van der Waals surface area contributed by atoms with Crippen molar-refractivity contribution in [2.75, 3.05) is 13.1 Å². The molecule has 1 atom stereocenters. The maximum absolute atomic E-state index is 2.62. The molecule has 1 unspecified atom stereocenters. The normalized spacial score (nSPS) is 31.7. The highest BCUT2D eigenvalue weighted by Gasteiger charge is 2.65. The zero-order valence-electron chi connectivity index (χ0n) is 10.6. The summed E-state index contributed by atoms with van der Waals surface area (Å²) in [4.78, 5) is 2.62. The lowest BCUT2D eigenvalue weighted by atomic mass is 9.79. The van der Waals surface area contributed by atoms with Gasteiger partial charge < -0.3 is 0 Å². The van der Waals surface area contributed by atoms with Gasteiger partial charge in [-0.05, 0) is 43.9 Å². The van der Waals surface area contributed by atoms with Crippen molar-refractivity contribution in [3.8, 4) is 0 Å². The summed E-state index contributed by atoms with van der Waals surface area (Å²) < 4.78 is 0. The lowest BCUT2D eigenvalue weighted by Crippen LogP contribution is -2.58. The Hall–Kier alpha value is -0.0400. The van der Waals surface area contributed by atoms with Gasteiger partial charge >= 0.3 is 0 Å². The number of nitrogens with zero attached hydrogens (tertiary/aromatic N) is 1. The minimum atomic E-state index is 0.385. The molecule has 82 valence electrons. The Morgan fingerprint density at radius 3 is 1.79 bits per heavy atom. The summed E-state index contributed by atoms with van der Waals surface area (Å²) in [6.07, 6.45) is 1.48. The standard InChI is InChI=1S/C13H25N/c1-11(2,3)10-7-13(10)8-14(9-13)12(4,5)6/h10H,7-9H2,1-6H3. The summed E-state index contributed by atoms with van der Waals surface area (Å²) in [7, 11) is 0. The largest absolute Gasteiger partial charge is 0.297 e. The van der Waals surface area contributed by atoms with E-state index >= 15 is 0 Å². The van der Waals surface area contributed by atoms with Gasteiger partial charge in [-0.15, -0.1) is 0 Å². The molecule has 1 aliphatic carbocycles. The molecule has 1 nitrogen and oxygen atoms in total. The van der Waals surface area contributed by atoms with E-state index in [1.54, 1.807) is 0 Å². The average Bonchev–Trinajstić information content (AvgIpc) is 2.51. The molecule has 0 aromatic rings. The first-order chi connectivity index (χ1) is 6.15. The van der Waals surface area contributed by atoms with Gasteiger partial charge in [0.1, 0.15) is 0 Å². The summed E-state index contributed by atoms with van der Waals surface area (Å²) in [5.74, 6) is 0.980. The molecule has 14 heavy (non-hydrogen) atoms. The number of rotatable bonds is 0. The van der Waals surface area contributed by atoms with Crippen molar-refractivity contribution in [3.05, 3.63) is 0 Å². The van der Waals surface area contributed by atoms with Crippen LogP contribution in [0, 0.1) is 16.7 Å². The van der Waals surface area contributed by atoms with Crippen molar-refractivity contribution in [1.29, 1.82) is 0 Å². The van der Waals surface area contributed by atoms with Crippen LogP contribution in [-0.4, -0.2) is 23.5 Å². The van der Waals surface area contributed by atoms with Crippen LogP contribution >= 0.6 is 0 Å². The predicted octanol–water partition coefficient (Wildman–Crippen LogP) is 3.15. The molecule has 0 amide bonds. The second kappa shape index (κ2) is 2.55. The summed E-state index contributed by atoms with van der Waals surface area (Å²) >= 11 is 0. The molecule has 2 fully saturated rings. The lowest BCUT2D eigenvalue weighted by Gasteiger charge is -2.50. The zero-order valence-corrected chi connectivity index (χ0v) is 10.6. The fourth-order valence-electron chi connectivity index (χ4n) is 3.11. The first-order valence-corrected chi connectivity index (χ1v) is 5.90. The number of likely N-dealkylation sites (tertiary alicyclic amines) is 1. The zero-order chi connectivity index (χ0) is 10.8. The Morgan fingerprint density at radius 1 is 1.00 bits per heavy atom. The minimum absolute atomic E-state index is 0.385. The van der Waals surface area contributed by atoms with Crippen molar-refractivity contribution in [2.45, 2.75) is 53.5 Å². The van der Waals surface area contributed by atoms with Crippen LogP contribution in [0.4, 0.5) is 0 Å². The van der Waals surface area contributed by atoms with Gasteiger partial charge in [0, 0.05) is 18.6 Å². The van der Waals surface area contributed by atoms with E-state index in [1.165, 1.54) is 19.5 Å². The Labute approximate surface area is 88.9 Å². The quantitative estimate of drug-likeness (QED) is 0.574. The van der Waals surface area contributed by atoms with E-state index in [1.807, 2.05) is 0 Å². The maximum Gasteiger partial charge on any atom is 0.0125 e. The van der Waals surface area contributed by atoms with Crippen LogP contribution in [0.1, 0.15) is 48.0 Å². The third-order valence-electron chi connectivity index (χ3n) is 4.20. The van der Waals surface area contributed by atoms with E-state index in [4.69, 9.17) is 0 Å². The topological polar surface area (TPSA) is 3.24 Å². The molecule has 0 aromatic carbocycles. The molecular weight excluding hydrogens is 170 g/mol. The Bertz CT molecular complexity index is 235. The molecule has 0 bridgehead atoms. The van der Waals surface area contributed by atoms with Crippen molar-refractivity contribution in [3.63, 3.8) is 0 Å². The average molecular weight is 195 g/mol. The Morgan fingerprint density at radius 2 is 1.50 bits per heavy atom. The molecule has 1 spiro atoms. The van der Waals surface area contributed by atoms with Crippen molar-refractivity contribution < 1.29 is 0 Å². The summed E-state index contributed by atoms with van der Waals surface area (Å²) in [6, 6.07) is 0. The lowest BCUT2D eigenvalue weighted by molar-refractivity contribution is -0.0183. The SMILES string of the molecule is CC(C)(C)C1CC12CN(C(C)(C)C)C2. The van der Waals surface area contributed by atoms with Crippen molar-refractivity contribution >= 4 is 0 Å². The van der Waals surface area contributed by atoms with Gasteiger partial charge in [0.15, 0.2) is 0 Å². The summed E-state index contributed by atoms with van der Waals surface area (Å²) in [6.45, 7) is 16.9. The minimum Gasteiger partial charge on any atom is -0.297 e. The highest BCUT2D eigenvalue weighted by atomic mass is 15.3. The van der Waals surface area contributed by atoms with Crippen LogP contribution in [0.2, 0.25) is 0 Å². The molecule has 2 aliphatic rings. The summed E-state index contributed by atoms with van der Waals surface area (Å²) in [5.41, 5.74) is 1.64. The molecule has 1 aliphatic heterocycles. The second-order valence-corrected chi connectivity index (χ2v) is 7.51. The van der Waals surface area contributed by atoms with Gasteiger partial charge in [-0.2, -0.15) is 0 Å². The molecule has 0 radical (unpaired) electrons. The van der Waals surface area contributed by atoms with Gasteiger partial charge in [0.2, 0.25) is 0 Å². The van der Waals surface area contributed by atoms with Gasteiger partial charge in [-0.1, -0.05) is 20.8 Å². The fraction of sp³-hybridized carbons (Fsp3) is 1.00. The maximum atomic E-state index is 2.62. The van der Waals surface area contributed by atoms with Crippen LogP contribution in [0.15, 0.2) is 0 Å². The van der Waals surface area contributed by atoms with Gasteiger partial charge in [-0.25, -0.2) is 0 Å². The molecule has 2 rings (SSSR count).